The Morgan fingerprint density at radius 3 is 2.05 bits per heavy atom. The molecule has 0 bridgehead atoms. The number of halogens is 9. The van der Waals surface area contributed by atoms with Gasteiger partial charge in [-0.15, -0.1) is 13.2 Å². The molecule has 210 valence electrons. The van der Waals surface area contributed by atoms with Crippen LogP contribution < -0.4 is 4.74 Å². The number of benzene rings is 1. The van der Waals surface area contributed by atoms with Crippen molar-refractivity contribution in [3.05, 3.63) is 29.8 Å². The van der Waals surface area contributed by atoms with Crippen LogP contribution in [0.15, 0.2) is 24.3 Å². The average Bonchev–Trinajstić information content (AvgIpc) is 2.77. The van der Waals surface area contributed by atoms with Crippen LogP contribution >= 0.6 is 0 Å². The van der Waals surface area contributed by atoms with E-state index in [4.69, 9.17) is 4.74 Å². The van der Waals surface area contributed by atoms with Crippen LogP contribution in [0.25, 0.3) is 0 Å². The molecule has 37 heavy (non-hydrogen) atoms. The molecule has 2 aliphatic rings. The van der Waals surface area contributed by atoms with E-state index in [0.717, 1.165) is 11.0 Å². The Labute approximate surface area is 205 Å². The summed E-state index contributed by atoms with van der Waals surface area (Å²) in [5.41, 5.74) is 0.152. The van der Waals surface area contributed by atoms with Crippen LogP contribution in [0.1, 0.15) is 18.7 Å². The van der Waals surface area contributed by atoms with Crippen LogP contribution in [-0.4, -0.2) is 97.6 Å². The van der Waals surface area contributed by atoms with Gasteiger partial charge < -0.3 is 19.1 Å². The minimum Gasteiger partial charge on any atom is -0.426 e. The van der Waals surface area contributed by atoms with Crippen LogP contribution in [0, 0.1) is 0 Å². The molecule has 2 aliphatic heterocycles. The Bertz CT molecular complexity index is 906. The number of carbonyl (C=O) groups excluding carboxylic acids is 1. The van der Waals surface area contributed by atoms with Crippen molar-refractivity contribution < 1.29 is 58.5 Å². The molecule has 2 atom stereocenters. The lowest BCUT2D eigenvalue weighted by Crippen LogP contribution is -2.59. The van der Waals surface area contributed by atoms with Gasteiger partial charge in [0.1, 0.15) is 5.75 Å². The molecule has 7 nitrogen and oxygen atoms in total. The maximum atomic E-state index is 13.1. The van der Waals surface area contributed by atoms with Crippen molar-refractivity contribution in [1.29, 1.82) is 0 Å². The fraction of sp³-hybridized carbons (Fsp3) is 0.667. The van der Waals surface area contributed by atoms with E-state index in [1.807, 2.05) is 4.90 Å². The SMILES string of the molecule is CC1CN(C(c2ccccc2OC(F)(F)F)N2CCOCC2)CCN1C(=O)OC(C(F)(F)F)C(F)(F)F. The van der Waals surface area contributed by atoms with Crippen molar-refractivity contribution in [1.82, 2.24) is 14.7 Å². The standard InChI is InChI=1S/C21H24F9N3O4/c1-13-12-32(6-7-33(13)18(34)36-17(19(22,23)24)20(25,26)27)16(31-8-10-35-11-9-31)14-4-2-3-5-15(14)37-21(28,29)30/h2-5,13,16-17H,6-12H2,1H3. The minimum absolute atomic E-state index is 0.0789. The number of amides is 1. The summed E-state index contributed by atoms with van der Waals surface area (Å²) in [6.45, 7) is 2.14. The molecule has 16 heteroatoms. The molecule has 0 N–H and O–H groups in total. The number of alkyl halides is 9. The molecular weight excluding hydrogens is 529 g/mol. The van der Waals surface area contributed by atoms with Crippen molar-refractivity contribution in [2.24, 2.45) is 0 Å². The molecule has 1 aromatic carbocycles. The number of piperazine rings is 1. The molecule has 2 unspecified atom stereocenters. The number of para-hydroxylation sites is 1. The minimum atomic E-state index is -5.86. The fourth-order valence-corrected chi connectivity index (χ4v) is 4.32. The third-order valence-corrected chi connectivity index (χ3v) is 5.87. The second-order valence-corrected chi connectivity index (χ2v) is 8.49. The number of ether oxygens (including phenoxy) is 3. The van der Waals surface area contributed by atoms with Crippen LogP contribution in [0.5, 0.6) is 5.75 Å². The Balaban J connectivity index is 1.82. The van der Waals surface area contributed by atoms with E-state index >= 15 is 0 Å². The number of hydrogen-bond acceptors (Lipinski definition) is 6. The molecule has 1 amide bonds. The van der Waals surface area contributed by atoms with E-state index in [0.29, 0.717) is 13.1 Å². The van der Waals surface area contributed by atoms with Gasteiger partial charge in [0, 0.05) is 44.3 Å². The van der Waals surface area contributed by atoms with Crippen molar-refractivity contribution in [3.63, 3.8) is 0 Å². The fourth-order valence-electron chi connectivity index (χ4n) is 4.32. The number of carbonyl (C=O) groups is 1. The van der Waals surface area contributed by atoms with E-state index in [-0.39, 0.29) is 38.4 Å². The first-order valence-corrected chi connectivity index (χ1v) is 11.1. The first-order valence-electron chi connectivity index (χ1n) is 11.1. The zero-order chi connectivity index (χ0) is 27.6. The Morgan fingerprint density at radius 2 is 1.51 bits per heavy atom. The lowest BCUT2D eigenvalue weighted by Gasteiger charge is -2.47. The van der Waals surface area contributed by atoms with Crippen LogP contribution in [0.4, 0.5) is 44.3 Å². The number of rotatable bonds is 5. The second-order valence-electron chi connectivity index (χ2n) is 8.49. The summed E-state index contributed by atoms with van der Waals surface area (Å²) in [5.74, 6) is -0.459. The van der Waals surface area contributed by atoms with E-state index in [1.165, 1.54) is 25.1 Å². The predicted molar refractivity (Wildman–Crippen MR) is 108 cm³/mol. The first-order chi connectivity index (χ1) is 17.1. The summed E-state index contributed by atoms with van der Waals surface area (Å²) in [6, 6.07) is 4.51. The van der Waals surface area contributed by atoms with Gasteiger partial charge in [-0.1, -0.05) is 18.2 Å². The lowest BCUT2D eigenvalue weighted by molar-refractivity contribution is -0.308. The summed E-state index contributed by atoms with van der Waals surface area (Å²) in [6.07, 6.45) is -23.6. The van der Waals surface area contributed by atoms with E-state index in [1.54, 1.807) is 4.90 Å². The van der Waals surface area contributed by atoms with Gasteiger partial charge >= 0.3 is 24.8 Å². The Morgan fingerprint density at radius 1 is 0.919 bits per heavy atom. The quantitative estimate of drug-likeness (QED) is 0.499. The molecule has 2 heterocycles. The number of nitrogens with zero attached hydrogens (tertiary/aromatic N) is 3. The van der Waals surface area contributed by atoms with Gasteiger partial charge in [-0.3, -0.25) is 9.80 Å². The maximum Gasteiger partial charge on any atom is 0.573 e. The highest BCUT2D eigenvalue weighted by molar-refractivity contribution is 5.68. The smallest absolute Gasteiger partial charge is 0.426 e. The molecule has 0 radical (unpaired) electrons. The van der Waals surface area contributed by atoms with Crippen molar-refractivity contribution in [2.45, 2.75) is 44.0 Å². The van der Waals surface area contributed by atoms with Gasteiger partial charge in [0.25, 0.3) is 6.10 Å². The lowest BCUT2D eigenvalue weighted by atomic mass is 10.1. The summed E-state index contributed by atoms with van der Waals surface area (Å²) in [4.78, 5) is 16.5. The first kappa shape index (κ1) is 29.1. The molecule has 0 saturated carbocycles. The second kappa shape index (κ2) is 11.1. The van der Waals surface area contributed by atoms with Gasteiger partial charge in [-0.2, -0.15) is 26.3 Å². The molecule has 0 aliphatic carbocycles. The van der Waals surface area contributed by atoms with Crippen molar-refractivity contribution >= 4 is 6.09 Å². The number of morpholine rings is 1. The van der Waals surface area contributed by atoms with Gasteiger partial charge in [0.05, 0.1) is 19.4 Å². The van der Waals surface area contributed by atoms with E-state index < -0.39 is 48.9 Å². The van der Waals surface area contributed by atoms with E-state index in [2.05, 4.69) is 9.47 Å². The summed E-state index contributed by atoms with van der Waals surface area (Å²) < 4.78 is 129. The highest BCUT2D eigenvalue weighted by atomic mass is 19.4. The molecule has 0 aromatic heterocycles. The topological polar surface area (TPSA) is 54.5 Å². The van der Waals surface area contributed by atoms with Gasteiger partial charge in [-0.25, -0.2) is 4.79 Å². The van der Waals surface area contributed by atoms with Gasteiger partial charge in [0.2, 0.25) is 0 Å². The Hall–Kier alpha value is -2.46. The van der Waals surface area contributed by atoms with Crippen molar-refractivity contribution in [3.8, 4) is 5.75 Å². The third kappa shape index (κ3) is 7.54. The molecule has 1 aromatic rings. The molecule has 0 spiro atoms. The zero-order valence-corrected chi connectivity index (χ0v) is 19.4. The summed E-state index contributed by atoms with van der Waals surface area (Å²) in [7, 11) is 0. The molecular formula is C21H24F9N3O4. The summed E-state index contributed by atoms with van der Waals surface area (Å²) in [5, 5.41) is 0. The normalized spacial score (nSPS) is 21.7. The average molecular weight is 553 g/mol. The number of hydrogen-bond donors (Lipinski definition) is 0. The zero-order valence-electron chi connectivity index (χ0n) is 19.4. The molecule has 3 rings (SSSR count). The van der Waals surface area contributed by atoms with Crippen LogP contribution in [0.2, 0.25) is 0 Å². The van der Waals surface area contributed by atoms with Gasteiger partial charge in [-0.05, 0) is 13.0 Å². The van der Waals surface area contributed by atoms with Crippen LogP contribution in [-0.2, 0) is 9.47 Å². The highest BCUT2D eigenvalue weighted by Crippen LogP contribution is 2.38. The maximum absolute atomic E-state index is 13.1. The van der Waals surface area contributed by atoms with Crippen LogP contribution in [0.3, 0.4) is 0 Å². The molecule has 2 saturated heterocycles. The summed E-state index contributed by atoms with van der Waals surface area (Å²) >= 11 is 0. The largest absolute Gasteiger partial charge is 0.573 e. The van der Waals surface area contributed by atoms with Gasteiger partial charge in [0.15, 0.2) is 0 Å². The monoisotopic (exact) mass is 553 g/mol. The predicted octanol–water partition coefficient (Wildman–Crippen LogP) is 4.55. The van der Waals surface area contributed by atoms with Crippen molar-refractivity contribution in [2.75, 3.05) is 45.9 Å². The van der Waals surface area contributed by atoms with E-state index in [9.17, 15) is 44.3 Å². The molecule has 2 fully saturated rings. The Kier molecular flexibility index (Phi) is 8.74. The third-order valence-electron chi connectivity index (χ3n) is 5.87. The highest BCUT2D eigenvalue weighted by Gasteiger charge is 2.60.